The Labute approximate surface area is 172 Å². The Morgan fingerprint density at radius 3 is 2.31 bits per heavy atom. The van der Waals surface area contributed by atoms with Gasteiger partial charge in [0.2, 0.25) is 0 Å². The molecule has 4 rings (SSSR count). The minimum absolute atomic E-state index is 0.0435. The Kier molecular flexibility index (Phi) is 4.99. The number of fused-ring (bicyclic) bond motifs is 1. The molecule has 144 valence electrons. The van der Waals surface area contributed by atoms with E-state index in [0.29, 0.717) is 0 Å². The molecule has 0 bridgehead atoms. The van der Waals surface area contributed by atoms with Crippen molar-refractivity contribution in [2.45, 2.75) is 20.3 Å². The highest BCUT2D eigenvalue weighted by atomic mass is 32.1. The zero-order valence-electron chi connectivity index (χ0n) is 16.1. The van der Waals surface area contributed by atoms with Crippen LogP contribution < -0.4 is 0 Å². The summed E-state index contributed by atoms with van der Waals surface area (Å²) in [5.74, 6) is -1.29. The number of carbonyl (C=O) groups is 2. The molecule has 0 amide bonds. The molecule has 0 atom stereocenters. The zero-order chi connectivity index (χ0) is 20.5. The number of carboxylic acids is 1. The van der Waals surface area contributed by atoms with Gasteiger partial charge in [-0.15, -0.1) is 11.3 Å². The fourth-order valence-electron chi connectivity index (χ4n) is 3.28. The molecule has 0 aliphatic rings. The summed E-state index contributed by atoms with van der Waals surface area (Å²) in [4.78, 5) is 28.8. The number of thiazole rings is 1. The van der Waals surface area contributed by atoms with Gasteiger partial charge in [-0.25, -0.2) is 9.78 Å². The Morgan fingerprint density at radius 2 is 1.59 bits per heavy atom. The van der Waals surface area contributed by atoms with Crippen LogP contribution in [0.2, 0.25) is 0 Å². The summed E-state index contributed by atoms with van der Waals surface area (Å²) in [7, 11) is 0. The maximum Gasteiger partial charge on any atom is 0.336 e. The lowest BCUT2D eigenvalue weighted by Gasteiger charge is -2.07. The molecular weight excluding hydrogens is 382 g/mol. The van der Waals surface area contributed by atoms with E-state index in [9.17, 15) is 14.7 Å². The highest BCUT2D eigenvalue weighted by Crippen LogP contribution is 2.31. The lowest BCUT2D eigenvalue weighted by atomic mass is 9.96. The number of rotatable bonds is 5. The third-order valence-corrected chi connectivity index (χ3v) is 5.88. The van der Waals surface area contributed by atoms with Gasteiger partial charge in [0.25, 0.3) is 0 Å². The number of carbonyl (C=O) groups excluding carboxylic acids is 1. The standard InChI is InChI=1S/C24H19NO3S/c1-14-3-9-18(24(27)28)19(11-14)21(26)13-16-5-7-17(8-6-16)23-25-20-10-4-15(2)12-22(20)29-23/h3-12H,13H2,1-2H3,(H,27,28). The van der Waals surface area contributed by atoms with E-state index in [1.54, 1.807) is 23.5 Å². The highest BCUT2D eigenvalue weighted by Gasteiger charge is 2.17. The number of benzene rings is 3. The van der Waals surface area contributed by atoms with Crippen LogP contribution in [0.4, 0.5) is 0 Å². The molecule has 0 unspecified atom stereocenters. The highest BCUT2D eigenvalue weighted by molar-refractivity contribution is 7.21. The molecule has 3 aromatic carbocycles. The lowest BCUT2D eigenvalue weighted by Crippen LogP contribution is -2.11. The van der Waals surface area contributed by atoms with Gasteiger partial charge >= 0.3 is 5.97 Å². The monoisotopic (exact) mass is 401 g/mol. The van der Waals surface area contributed by atoms with Crippen molar-refractivity contribution in [1.29, 1.82) is 0 Å². The smallest absolute Gasteiger partial charge is 0.336 e. The summed E-state index contributed by atoms with van der Waals surface area (Å²) >= 11 is 1.64. The minimum atomic E-state index is -1.09. The van der Waals surface area contributed by atoms with E-state index < -0.39 is 5.97 Å². The van der Waals surface area contributed by atoms with Crippen LogP contribution in [0.1, 0.15) is 37.4 Å². The predicted octanol–water partition coefficient (Wildman–Crippen LogP) is 5.70. The van der Waals surface area contributed by atoms with E-state index in [1.165, 1.54) is 11.6 Å². The molecule has 1 heterocycles. The van der Waals surface area contributed by atoms with Gasteiger partial charge in [0.1, 0.15) is 5.01 Å². The van der Waals surface area contributed by atoms with Gasteiger partial charge in [-0.2, -0.15) is 0 Å². The van der Waals surface area contributed by atoms with Crippen molar-refractivity contribution in [2.24, 2.45) is 0 Å². The van der Waals surface area contributed by atoms with E-state index >= 15 is 0 Å². The Hall–Kier alpha value is -3.31. The number of carboxylic acid groups (broad SMARTS) is 1. The topological polar surface area (TPSA) is 67.3 Å². The van der Waals surface area contributed by atoms with Crippen LogP contribution in [-0.4, -0.2) is 21.8 Å². The molecule has 4 aromatic rings. The number of nitrogens with zero attached hydrogens (tertiary/aromatic N) is 1. The van der Waals surface area contributed by atoms with Crippen LogP contribution in [0.3, 0.4) is 0 Å². The van der Waals surface area contributed by atoms with Crippen LogP contribution in [0.25, 0.3) is 20.8 Å². The number of Topliss-reactive ketones (excluding diaryl/α,β-unsaturated/α-hetero) is 1. The second-order valence-corrected chi connectivity index (χ2v) is 8.17. The summed E-state index contributed by atoms with van der Waals surface area (Å²) < 4.78 is 1.15. The molecule has 0 aliphatic carbocycles. The second kappa shape index (κ2) is 7.60. The van der Waals surface area contributed by atoms with E-state index in [4.69, 9.17) is 0 Å². The number of hydrogen-bond acceptors (Lipinski definition) is 4. The van der Waals surface area contributed by atoms with E-state index in [-0.39, 0.29) is 23.3 Å². The molecule has 0 saturated carbocycles. The van der Waals surface area contributed by atoms with Crippen LogP contribution in [0.5, 0.6) is 0 Å². The third-order valence-electron chi connectivity index (χ3n) is 4.82. The number of hydrogen-bond donors (Lipinski definition) is 1. The Bertz CT molecular complexity index is 1240. The number of aromatic carboxylic acids is 1. The minimum Gasteiger partial charge on any atom is -0.478 e. The van der Waals surface area contributed by atoms with Crippen LogP contribution in [-0.2, 0) is 6.42 Å². The van der Waals surface area contributed by atoms with Crippen LogP contribution >= 0.6 is 11.3 Å². The maximum atomic E-state index is 12.7. The molecule has 0 saturated heterocycles. The van der Waals surface area contributed by atoms with Crippen LogP contribution in [0, 0.1) is 13.8 Å². The first-order valence-electron chi connectivity index (χ1n) is 9.24. The lowest BCUT2D eigenvalue weighted by molar-refractivity contribution is 0.0692. The van der Waals surface area contributed by atoms with Crippen molar-refractivity contribution < 1.29 is 14.7 Å². The van der Waals surface area contributed by atoms with Gasteiger partial charge < -0.3 is 5.11 Å². The number of ketones is 1. The van der Waals surface area contributed by atoms with Gasteiger partial charge in [-0.1, -0.05) is 42.0 Å². The molecule has 1 aromatic heterocycles. The Morgan fingerprint density at radius 1 is 0.897 bits per heavy atom. The average Bonchev–Trinajstić information content (AvgIpc) is 3.11. The average molecular weight is 401 g/mol. The largest absolute Gasteiger partial charge is 0.478 e. The summed E-state index contributed by atoms with van der Waals surface area (Å²) in [6, 6.07) is 18.8. The van der Waals surface area contributed by atoms with Crippen molar-refractivity contribution in [2.75, 3.05) is 0 Å². The molecular formula is C24H19NO3S. The second-order valence-electron chi connectivity index (χ2n) is 7.14. The first kappa shape index (κ1) is 19.0. The Balaban J connectivity index is 1.57. The maximum absolute atomic E-state index is 12.7. The molecule has 0 radical (unpaired) electrons. The molecule has 0 aliphatic heterocycles. The molecule has 5 heteroatoms. The first-order chi connectivity index (χ1) is 13.9. The van der Waals surface area contributed by atoms with Gasteiger partial charge in [-0.05, 0) is 49.2 Å². The van der Waals surface area contributed by atoms with Crippen molar-refractivity contribution in [1.82, 2.24) is 4.98 Å². The SMILES string of the molecule is Cc1ccc(C(=O)O)c(C(=O)Cc2ccc(-c3nc4ccc(C)cc4s3)cc2)c1. The quantitative estimate of drug-likeness (QED) is 0.435. The normalized spacial score (nSPS) is 11.0. The summed E-state index contributed by atoms with van der Waals surface area (Å²) in [6.07, 6.45) is 0.156. The summed E-state index contributed by atoms with van der Waals surface area (Å²) in [6.45, 7) is 3.91. The first-order valence-corrected chi connectivity index (χ1v) is 10.1. The zero-order valence-corrected chi connectivity index (χ0v) is 16.9. The van der Waals surface area contributed by atoms with E-state index in [2.05, 4.69) is 24.0 Å². The van der Waals surface area contributed by atoms with Crippen molar-refractivity contribution in [3.05, 3.63) is 88.5 Å². The van der Waals surface area contributed by atoms with Gasteiger partial charge in [0.15, 0.2) is 5.78 Å². The summed E-state index contributed by atoms with van der Waals surface area (Å²) in [5, 5.41) is 10.3. The molecule has 1 N–H and O–H groups in total. The number of aryl methyl sites for hydroxylation is 2. The fraction of sp³-hybridized carbons (Fsp3) is 0.125. The number of aromatic nitrogens is 1. The van der Waals surface area contributed by atoms with Crippen LogP contribution in [0.15, 0.2) is 60.7 Å². The fourth-order valence-corrected chi connectivity index (χ4v) is 4.35. The molecule has 0 spiro atoms. The molecule has 4 nitrogen and oxygen atoms in total. The van der Waals surface area contributed by atoms with Gasteiger partial charge in [0, 0.05) is 17.5 Å². The van der Waals surface area contributed by atoms with E-state index in [0.717, 1.165) is 31.9 Å². The van der Waals surface area contributed by atoms with Crippen molar-refractivity contribution >= 4 is 33.3 Å². The molecule has 0 fully saturated rings. The van der Waals surface area contributed by atoms with Gasteiger partial charge in [0.05, 0.1) is 15.8 Å². The summed E-state index contributed by atoms with van der Waals surface area (Å²) in [5.41, 5.74) is 5.19. The van der Waals surface area contributed by atoms with Crippen molar-refractivity contribution in [3.63, 3.8) is 0 Å². The predicted molar refractivity (Wildman–Crippen MR) is 116 cm³/mol. The third kappa shape index (κ3) is 3.96. The molecule has 29 heavy (non-hydrogen) atoms. The van der Waals surface area contributed by atoms with Crippen molar-refractivity contribution in [3.8, 4) is 10.6 Å². The van der Waals surface area contributed by atoms with Gasteiger partial charge in [-0.3, -0.25) is 4.79 Å². The van der Waals surface area contributed by atoms with E-state index in [1.807, 2.05) is 37.3 Å².